The largest absolute Gasteiger partial charge is 0.366 e. The van der Waals surface area contributed by atoms with Crippen molar-refractivity contribution in [3.05, 3.63) is 65.5 Å². The molecule has 2 atom stereocenters. The monoisotopic (exact) mass is 372 g/mol. The Morgan fingerprint density at radius 3 is 2.71 bits per heavy atom. The molecule has 2 bridgehead atoms. The van der Waals surface area contributed by atoms with Gasteiger partial charge in [0, 0.05) is 55.4 Å². The molecule has 0 N–H and O–H groups in total. The molecule has 0 unspecified atom stereocenters. The van der Waals surface area contributed by atoms with Crippen molar-refractivity contribution in [3.8, 4) is 0 Å². The Labute approximate surface area is 167 Å². The molecule has 0 aliphatic carbocycles. The van der Waals surface area contributed by atoms with Gasteiger partial charge in [0.2, 0.25) is 0 Å². The molecule has 3 aliphatic rings. The van der Waals surface area contributed by atoms with E-state index in [2.05, 4.69) is 58.1 Å². The molecule has 4 nitrogen and oxygen atoms in total. The average Bonchev–Trinajstić information content (AvgIpc) is 3.36. The van der Waals surface area contributed by atoms with Crippen LogP contribution in [-0.4, -0.2) is 53.9 Å². The Balaban J connectivity index is 1.35. The minimum atomic E-state index is 0.691. The van der Waals surface area contributed by atoms with Crippen LogP contribution in [-0.2, 0) is 0 Å². The zero-order valence-electron chi connectivity index (χ0n) is 16.6. The van der Waals surface area contributed by atoms with E-state index in [1.807, 2.05) is 18.5 Å². The van der Waals surface area contributed by atoms with E-state index in [4.69, 9.17) is 4.99 Å². The molecule has 1 aromatic carbocycles. The van der Waals surface area contributed by atoms with Crippen LogP contribution in [0.1, 0.15) is 37.3 Å². The van der Waals surface area contributed by atoms with Crippen LogP contribution in [0, 0.1) is 0 Å². The lowest BCUT2D eigenvalue weighted by molar-refractivity contribution is 0.251. The van der Waals surface area contributed by atoms with E-state index < -0.39 is 0 Å². The van der Waals surface area contributed by atoms with Crippen LogP contribution in [0.2, 0.25) is 0 Å². The topological polar surface area (TPSA) is 31.7 Å². The maximum absolute atomic E-state index is 4.79. The van der Waals surface area contributed by atoms with E-state index in [1.165, 1.54) is 42.9 Å². The van der Waals surface area contributed by atoms with Crippen LogP contribution < -0.4 is 4.90 Å². The maximum atomic E-state index is 4.79. The zero-order chi connectivity index (χ0) is 18.9. The van der Waals surface area contributed by atoms with Gasteiger partial charge in [0.05, 0.1) is 5.71 Å². The van der Waals surface area contributed by atoms with Crippen molar-refractivity contribution in [2.75, 3.05) is 31.1 Å². The Morgan fingerprint density at radius 2 is 2.00 bits per heavy atom. The maximum Gasteiger partial charge on any atom is 0.0694 e. The summed E-state index contributed by atoms with van der Waals surface area (Å²) in [6.45, 7) is 6.77. The smallest absolute Gasteiger partial charge is 0.0694 e. The Kier molecular flexibility index (Phi) is 4.73. The highest BCUT2D eigenvalue weighted by Crippen LogP contribution is 2.34. The summed E-state index contributed by atoms with van der Waals surface area (Å²) < 4.78 is 0. The van der Waals surface area contributed by atoms with Crippen LogP contribution in [0.3, 0.4) is 0 Å². The van der Waals surface area contributed by atoms with Crippen molar-refractivity contribution in [2.45, 2.75) is 38.3 Å². The number of benzene rings is 1. The molecule has 4 heterocycles. The number of likely N-dealkylation sites (N-methyl/N-ethyl adjacent to an activating group) is 1. The first-order valence-electron chi connectivity index (χ1n) is 10.6. The van der Waals surface area contributed by atoms with Crippen molar-refractivity contribution in [3.63, 3.8) is 0 Å². The zero-order valence-corrected chi connectivity index (χ0v) is 16.6. The highest BCUT2D eigenvalue weighted by Gasteiger charge is 2.42. The lowest BCUT2D eigenvalue weighted by atomic mass is 9.95. The van der Waals surface area contributed by atoms with Gasteiger partial charge in [-0.05, 0) is 67.3 Å². The minimum Gasteiger partial charge on any atom is -0.366 e. The molecule has 2 aromatic rings. The third-order valence-corrected chi connectivity index (χ3v) is 6.44. The van der Waals surface area contributed by atoms with Crippen LogP contribution in [0.15, 0.2) is 59.4 Å². The van der Waals surface area contributed by atoms with Crippen molar-refractivity contribution in [1.29, 1.82) is 0 Å². The Hall–Kier alpha value is -2.46. The number of hydrogen-bond acceptors (Lipinski definition) is 4. The molecule has 3 aliphatic heterocycles. The van der Waals surface area contributed by atoms with Crippen molar-refractivity contribution in [1.82, 2.24) is 9.88 Å². The van der Waals surface area contributed by atoms with E-state index in [0.717, 1.165) is 36.7 Å². The number of pyridine rings is 1. The molecule has 1 aromatic heterocycles. The third-order valence-electron chi connectivity index (χ3n) is 6.44. The molecular formula is C24H28N4. The quantitative estimate of drug-likeness (QED) is 0.812. The third kappa shape index (κ3) is 3.26. The molecule has 0 amide bonds. The van der Waals surface area contributed by atoms with Gasteiger partial charge in [-0.15, -0.1) is 0 Å². The van der Waals surface area contributed by atoms with E-state index in [9.17, 15) is 0 Å². The average molecular weight is 373 g/mol. The van der Waals surface area contributed by atoms with E-state index in [0.29, 0.717) is 6.04 Å². The molecular weight excluding hydrogens is 344 g/mol. The summed E-state index contributed by atoms with van der Waals surface area (Å²) in [5, 5.41) is 0. The number of aliphatic imine (C=N–C) groups is 1. The summed E-state index contributed by atoms with van der Waals surface area (Å²) in [5.74, 6) is 0. The van der Waals surface area contributed by atoms with Gasteiger partial charge in [0.15, 0.2) is 0 Å². The molecule has 144 valence electrons. The number of likely N-dealkylation sites (tertiary alicyclic amines) is 1. The fourth-order valence-corrected chi connectivity index (χ4v) is 5.02. The van der Waals surface area contributed by atoms with Crippen molar-refractivity contribution in [2.24, 2.45) is 4.99 Å². The predicted molar refractivity (Wildman–Crippen MR) is 116 cm³/mol. The van der Waals surface area contributed by atoms with Gasteiger partial charge in [-0.3, -0.25) is 14.9 Å². The van der Waals surface area contributed by atoms with E-state index >= 15 is 0 Å². The first-order chi connectivity index (χ1) is 13.8. The lowest BCUT2D eigenvalue weighted by Crippen LogP contribution is -2.46. The number of piperazine rings is 1. The van der Waals surface area contributed by atoms with Gasteiger partial charge in [-0.25, -0.2) is 0 Å². The van der Waals surface area contributed by atoms with Crippen LogP contribution in [0.25, 0.3) is 6.08 Å². The molecule has 28 heavy (non-hydrogen) atoms. The Bertz CT molecular complexity index is 885. The molecule has 2 fully saturated rings. The molecule has 0 spiro atoms. The standard InChI is InChI=1S/C24H28N4/c1-2-27-16-23-14-22(27)17-28(23)21-9-7-18(8-10-21)13-19-5-4-12-26-24(19)20-6-3-11-25-15-20/h3,6-11,13,15,22-23H,2,4-5,12,14,16-17H2,1H3/b19-13+/t22-,23-/m0/s1. The SMILES string of the molecule is CCN1C[C@@H]2C[C@H]1CN2c1ccc(/C=C2\CCCN=C2c2cccnc2)cc1. The molecule has 4 heteroatoms. The van der Waals surface area contributed by atoms with Crippen LogP contribution >= 0.6 is 0 Å². The highest BCUT2D eigenvalue weighted by atomic mass is 15.3. The van der Waals surface area contributed by atoms with Gasteiger partial charge < -0.3 is 4.90 Å². The summed E-state index contributed by atoms with van der Waals surface area (Å²) in [5.41, 5.74) is 6.19. The fraction of sp³-hybridized carbons (Fsp3) is 0.417. The van der Waals surface area contributed by atoms with Crippen molar-refractivity contribution < 1.29 is 0 Å². The van der Waals surface area contributed by atoms with Crippen LogP contribution in [0.4, 0.5) is 5.69 Å². The van der Waals surface area contributed by atoms with E-state index in [1.54, 1.807) is 0 Å². The van der Waals surface area contributed by atoms with Gasteiger partial charge in [0.1, 0.15) is 0 Å². The van der Waals surface area contributed by atoms with Crippen LogP contribution in [0.5, 0.6) is 0 Å². The Morgan fingerprint density at radius 1 is 1.11 bits per heavy atom. The molecule has 2 saturated heterocycles. The van der Waals surface area contributed by atoms with Crippen molar-refractivity contribution >= 4 is 17.5 Å². The van der Waals surface area contributed by atoms with Gasteiger partial charge in [0.25, 0.3) is 0 Å². The predicted octanol–water partition coefficient (Wildman–Crippen LogP) is 4.03. The fourth-order valence-electron chi connectivity index (χ4n) is 5.02. The van der Waals surface area contributed by atoms with E-state index in [-0.39, 0.29) is 0 Å². The minimum absolute atomic E-state index is 0.691. The second-order valence-electron chi connectivity index (χ2n) is 8.12. The van der Waals surface area contributed by atoms with Gasteiger partial charge >= 0.3 is 0 Å². The molecule has 5 rings (SSSR count). The summed E-state index contributed by atoms with van der Waals surface area (Å²) in [6, 6.07) is 14.7. The number of nitrogens with zero attached hydrogens (tertiary/aromatic N) is 4. The molecule has 0 saturated carbocycles. The second-order valence-corrected chi connectivity index (χ2v) is 8.12. The number of hydrogen-bond donors (Lipinski definition) is 0. The van der Waals surface area contributed by atoms with Gasteiger partial charge in [-0.1, -0.05) is 19.1 Å². The summed E-state index contributed by atoms with van der Waals surface area (Å²) in [6.07, 6.45) is 9.58. The number of aromatic nitrogens is 1. The van der Waals surface area contributed by atoms with Gasteiger partial charge in [-0.2, -0.15) is 0 Å². The number of allylic oxidation sites excluding steroid dienone is 1. The summed E-state index contributed by atoms with van der Waals surface area (Å²) >= 11 is 0. The summed E-state index contributed by atoms with van der Waals surface area (Å²) in [7, 11) is 0. The first kappa shape index (κ1) is 17.6. The highest BCUT2D eigenvalue weighted by molar-refractivity contribution is 6.15. The summed E-state index contributed by atoms with van der Waals surface area (Å²) in [4.78, 5) is 14.3. The normalized spacial score (nSPS) is 26.1. The number of anilines is 1. The number of rotatable bonds is 4. The lowest BCUT2D eigenvalue weighted by Gasteiger charge is -2.35. The molecule has 0 radical (unpaired) electrons. The number of fused-ring (bicyclic) bond motifs is 2. The first-order valence-corrected chi connectivity index (χ1v) is 10.6. The second kappa shape index (κ2) is 7.51.